The zero-order valence-corrected chi connectivity index (χ0v) is 13.5. The smallest absolute Gasteiger partial charge is 0.317 e. The molecule has 23 heavy (non-hydrogen) atoms. The Labute approximate surface area is 138 Å². The summed E-state index contributed by atoms with van der Waals surface area (Å²) in [5.74, 6) is -0.0596. The Morgan fingerprint density at radius 1 is 1.09 bits per heavy atom. The van der Waals surface area contributed by atoms with Gasteiger partial charge in [-0.1, -0.05) is 30.3 Å². The highest BCUT2D eigenvalue weighted by Crippen LogP contribution is 2.09. The largest absolute Gasteiger partial charge is 0.334 e. The molecule has 3 amide bonds. The van der Waals surface area contributed by atoms with Crippen LogP contribution in [-0.2, 0) is 6.54 Å². The van der Waals surface area contributed by atoms with Crippen molar-refractivity contribution in [2.24, 2.45) is 0 Å². The molecule has 1 aliphatic heterocycles. The van der Waals surface area contributed by atoms with Gasteiger partial charge in [0.05, 0.1) is 5.51 Å². The first-order valence-electron chi connectivity index (χ1n) is 7.48. The number of aromatic nitrogens is 1. The Balaban J connectivity index is 1.47. The van der Waals surface area contributed by atoms with Gasteiger partial charge < -0.3 is 15.1 Å². The van der Waals surface area contributed by atoms with E-state index in [9.17, 15) is 9.59 Å². The molecule has 120 valence electrons. The van der Waals surface area contributed by atoms with Crippen LogP contribution in [0.1, 0.15) is 16.1 Å². The Morgan fingerprint density at radius 3 is 2.43 bits per heavy atom. The number of hydrogen-bond acceptors (Lipinski definition) is 4. The summed E-state index contributed by atoms with van der Waals surface area (Å²) >= 11 is 1.41. The van der Waals surface area contributed by atoms with E-state index in [2.05, 4.69) is 10.3 Å². The zero-order chi connectivity index (χ0) is 16.1. The minimum Gasteiger partial charge on any atom is -0.334 e. The van der Waals surface area contributed by atoms with Crippen molar-refractivity contribution in [3.8, 4) is 0 Å². The fourth-order valence-corrected chi connectivity index (χ4v) is 3.00. The zero-order valence-electron chi connectivity index (χ0n) is 12.6. The van der Waals surface area contributed by atoms with Gasteiger partial charge in [0.1, 0.15) is 5.69 Å². The van der Waals surface area contributed by atoms with E-state index in [1.165, 1.54) is 11.3 Å². The van der Waals surface area contributed by atoms with Gasteiger partial charge in [0, 0.05) is 38.1 Å². The lowest BCUT2D eigenvalue weighted by Crippen LogP contribution is -2.53. The van der Waals surface area contributed by atoms with Crippen LogP contribution < -0.4 is 5.32 Å². The molecule has 0 spiro atoms. The molecule has 1 aromatic heterocycles. The molecular formula is C16H18N4O2S. The van der Waals surface area contributed by atoms with Crippen molar-refractivity contribution in [3.05, 3.63) is 52.5 Å². The molecule has 0 unspecified atom stereocenters. The van der Waals surface area contributed by atoms with Crippen LogP contribution in [0, 0.1) is 0 Å². The van der Waals surface area contributed by atoms with Gasteiger partial charge in [-0.05, 0) is 5.56 Å². The third-order valence-corrected chi connectivity index (χ3v) is 4.38. The monoisotopic (exact) mass is 330 g/mol. The molecule has 1 saturated heterocycles. The Bertz CT molecular complexity index is 652. The normalized spacial score (nSPS) is 14.6. The molecule has 1 fully saturated rings. The SMILES string of the molecule is O=C(NCc1ccccc1)N1CCN(C(=O)c2cscn2)CC1. The molecule has 7 heteroatoms. The maximum atomic E-state index is 12.2. The maximum absolute atomic E-state index is 12.2. The van der Waals surface area contributed by atoms with E-state index < -0.39 is 0 Å². The number of piperazine rings is 1. The summed E-state index contributed by atoms with van der Waals surface area (Å²) in [4.78, 5) is 31.9. The topological polar surface area (TPSA) is 65.5 Å². The molecule has 0 aliphatic carbocycles. The predicted octanol–water partition coefficient (Wildman–Crippen LogP) is 1.81. The summed E-state index contributed by atoms with van der Waals surface area (Å²) in [6.07, 6.45) is 0. The molecular weight excluding hydrogens is 312 g/mol. The van der Waals surface area contributed by atoms with E-state index in [0.717, 1.165) is 5.56 Å². The standard InChI is InChI=1S/C16H18N4O2S/c21-15(14-11-23-12-18-14)19-6-8-20(9-7-19)16(22)17-10-13-4-2-1-3-5-13/h1-5,11-12H,6-10H2,(H,17,22). The number of carbonyl (C=O) groups is 2. The van der Waals surface area contributed by atoms with Crippen LogP contribution in [0.15, 0.2) is 41.2 Å². The Kier molecular flexibility index (Phi) is 4.87. The lowest BCUT2D eigenvalue weighted by atomic mass is 10.2. The van der Waals surface area contributed by atoms with Crippen molar-refractivity contribution < 1.29 is 9.59 Å². The quantitative estimate of drug-likeness (QED) is 0.933. The number of nitrogens with one attached hydrogen (secondary N) is 1. The van der Waals surface area contributed by atoms with Gasteiger partial charge >= 0.3 is 6.03 Å². The van der Waals surface area contributed by atoms with Crippen LogP contribution in [0.3, 0.4) is 0 Å². The summed E-state index contributed by atoms with van der Waals surface area (Å²) in [7, 11) is 0. The van der Waals surface area contributed by atoms with Crippen molar-refractivity contribution >= 4 is 23.3 Å². The van der Waals surface area contributed by atoms with Crippen LogP contribution in [0.2, 0.25) is 0 Å². The molecule has 1 aromatic carbocycles. The molecule has 2 heterocycles. The number of urea groups is 1. The van der Waals surface area contributed by atoms with Crippen LogP contribution in [0.4, 0.5) is 4.79 Å². The van der Waals surface area contributed by atoms with E-state index in [1.54, 1.807) is 20.7 Å². The second-order valence-electron chi connectivity index (χ2n) is 5.30. The lowest BCUT2D eigenvalue weighted by Gasteiger charge is -2.34. The van der Waals surface area contributed by atoms with Gasteiger partial charge in [-0.3, -0.25) is 4.79 Å². The number of benzene rings is 1. The van der Waals surface area contributed by atoms with E-state index >= 15 is 0 Å². The second kappa shape index (κ2) is 7.23. The first-order chi connectivity index (χ1) is 11.2. The van der Waals surface area contributed by atoms with Gasteiger partial charge in [0.2, 0.25) is 0 Å². The predicted molar refractivity (Wildman–Crippen MR) is 88.3 cm³/mol. The van der Waals surface area contributed by atoms with E-state index in [4.69, 9.17) is 0 Å². The van der Waals surface area contributed by atoms with Crippen molar-refractivity contribution in [2.45, 2.75) is 6.54 Å². The van der Waals surface area contributed by atoms with Crippen LogP contribution in [-0.4, -0.2) is 52.9 Å². The van der Waals surface area contributed by atoms with Crippen molar-refractivity contribution in [3.63, 3.8) is 0 Å². The number of carbonyl (C=O) groups excluding carboxylic acids is 2. The minimum atomic E-state index is -0.0883. The highest BCUT2D eigenvalue weighted by Gasteiger charge is 2.25. The van der Waals surface area contributed by atoms with E-state index in [0.29, 0.717) is 38.4 Å². The molecule has 0 bridgehead atoms. The van der Waals surface area contributed by atoms with E-state index in [-0.39, 0.29) is 11.9 Å². The summed E-state index contributed by atoms with van der Waals surface area (Å²) in [5, 5.41) is 4.66. The Morgan fingerprint density at radius 2 is 1.78 bits per heavy atom. The molecule has 0 radical (unpaired) electrons. The minimum absolute atomic E-state index is 0.0596. The molecule has 1 N–H and O–H groups in total. The fraction of sp³-hybridized carbons (Fsp3) is 0.312. The second-order valence-corrected chi connectivity index (χ2v) is 6.02. The molecule has 1 aliphatic rings. The third kappa shape index (κ3) is 3.87. The Hall–Kier alpha value is -2.41. The maximum Gasteiger partial charge on any atom is 0.317 e. The number of nitrogens with zero attached hydrogens (tertiary/aromatic N) is 3. The van der Waals surface area contributed by atoms with Crippen LogP contribution in [0.25, 0.3) is 0 Å². The van der Waals surface area contributed by atoms with Gasteiger partial charge in [-0.25, -0.2) is 9.78 Å². The third-order valence-electron chi connectivity index (χ3n) is 3.79. The number of thiazole rings is 1. The van der Waals surface area contributed by atoms with Crippen molar-refractivity contribution in [2.75, 3.05) is 26.2 Å². The van der Waals surface area contributed by atoms with Crippen LogP contribution >= 0.6 is 11.3 Å². The molecule has 0 saturated carbocycles. The highest BCUT2D eigenvalue weighted by molar-refractivity contribution is 7.07. The molecule has 2 aromatic rings. The number of rotatable bonds is 3. The summed E-state index contributed by atoms with van der Waals surface area (Å²) in [6, 6.07) is 9.71. The van der Waals surface area contributed by atoms with Gasteiger partial charge in [-0.2, -0.15) is 0 Å². The summed E-state index contributed by atoms with van der Waals surface area (Å²) in [5.41, 5.74) is 3.20. The van der Waals surface area contributed by atoms with Crippen molar-refractivity contribution in [1.29, 1.82) is 0 Å². The van der Waals surface area contributed by atoms with Gasteiger partial charge in [0.25, 0.3) is 5.91 Å². The molecule has 0 atom stereocenters. The summed E-state index contributed by atoms with van der Waals surface area (Å²) < 4.78 is 0. The van der Waals surface area contributed by atoms with Gasteiger partial charge in [-0.15, -0.1) is 11.3 Å². The van der Waals surface area contributed by atoms with Crippen LogP contribution in [0.5, 0.6) is 0 Å². The number of amides is 3. The van der Waals surface area contributed by atoms with Crippen molar-refractivity contribution in [1.82, 2.24) is 20.1 Å². The van der Waals surface area contributed by atoms with E-state index in [1.807, 2.05) is 30.3 Å². The first kappa shape index (κ1) is 15.5. The number of hydrogen-bond donors (Lipinski definition) is 1. The average molecular weight is 330 g/mol. The first-order valence-corrected chi connectivity index (χ1v) is 8.42. The molecule has 6 nitrogen and oxygen atoms in total. The van der Waals surface area contributed by atoms with Gasteiger partial charge in [0.15, 0.2) is 0 Å². The summed E-state index contributed by atoms with van der Waals surface area (Å²) in [6.45, 7) is 2.66. The highest BCUT2D eigenvalue weighted by atomic mass is 32.1. The molecule has 3 rings (SSSR count). The fourth-order valence-electron chi connectivity index (χ4n) is 2.48. The lowest BCUT2D eigenvalue weighted by molar-refractivity contribution is 0.0660. The average Bonchev–Trinajstić information content (AvgIpc) is 3.15.